The first-order chi connectivity index (χ1) is 15.4. The van der Waals surface area contributed by atoms with E-state index >= 15 is 0 Å². The minimum Gasteiger partial charge on any atom is -0.445 e. The topological polar surface area (TPSA) is 91.5 Å². The Bertz CT molecular complexity index is 1170. The van der Waals surface area contributed by atoms with Gasteiger partial charge in [0.1, 0.15) is 6.61 Å². The number of nitrogens with one attached hydrogen (secondary N) is 2. The molecule has 1 atom stereocenters. The number of benzene rings is 2. The van der Waals surface area contributed by atoms with Gasteiger partial charge in [0.05, 0.1) is 5.75 Å². The molecule has 0 radical (unpaired) electrons. The molecule has 0 bridgehead atoms. The molecule has 1 aliphatic rings. The molecule has 1 aliphatic heterocycles. The van der Waals surface area contributed by atoms with Crippen LogP contribution in [0.5, 0.6) is 0 Å². The highest BCUT2D eigenvalue weighted by molar-refractivity contribution is 7.88. The lowest BCUT2D eigenvalue weighted by atomic mass is 10.0. The van der Waals surface area contributed by atoms with E-state index in [1.165, 1.54) is 0 Å². The van der Waals surface area contributed by atoms with Gasteiger partial charge in [-0.1, -0.05) is 43.3 Å². The first-order valence-electron chi connectivity index (χ1n) is 11.0. The minimum absolute atomic E-state index is 0.0528. The molecule has 2 N–H and O–H groups in total. The second-order valence-electron chi connectivity index (χ2n) is 8.18. The van der Waals surface area contributed by atoms with E-state index in [1.54, 1.807) is 6.92 Å². The molecular weight excluding hydrogens is 426 g/mol. The number of H-pyrrole nitrogens is 1. The van der Waals surface area contributed by atoms with E-state index in [0.29, 0.717) is 19.5 Å². The van der Waals surface area contributed by atoms with Crippen molar-refractivity contribution in [2.75, 3.05) is 13.1 Å². The number of hydrogen-bond donors (Lipinski definition) is 2. The van der Waals surface area contributed by atoms with E-state index in [2.05, 4.69) is 9.71 Å². The van der Waals surface area contributed by atoms with Gasteiger partial charge in [-0.25, -0.2) is 17.9 Å². The highest BCUT2D eigenvalue weighted by Crippen LogP contribution is 2.27. The molecule has 2 aromatic carbocycles. The molecule has 0 spiro atoms. The van der Waals surface area contributed by atoms with E-state index in [1.807, 2.05) is 59.6 Å². The Morgan fingerprint density at radius 2 is 2.00 bits per heavy atom. The molecule has 0 aliphatic carbocycles. The second-order valence-corrected chi connectivity index (χ2v) is 9.99. The van der Waals surface area contributed by atoms with Crippen LogP contribution >= 0.6 is 0 Å². The fraction of sp³-hybridized carbons (Fsp3) is 0.375. The molecule has 0 unspecified atom stereocenters. The summed E-state index contributed by atoms with van der Waals surface area (Å²) < 4.78 is 32.4. The molecule has 32 heavy (non-hydrogen) atoms. The number of carbonyl (C=O) groups is 1. The normalized spacial score (nSPS) is 16.5. The number of hydrogen-bond acceptors (Lipinski definition) is 4. The summed E-state index contributed by atoms with van der Waals surface area (Å²) in [5.74, 6) is -0.0528. The van der Waals surface area contributed by atoms with Crippen molar-refractivity contribution in [3.05, 3.63) is 71.4 Å². The Hall–Kier alpha value is -2.84. The number of aromatic amines is 1. The van der Waals surface area contributed by atoms with Crippen LogP contribution < -0.4 is 4.72 Å². The number of ether oxygens (including phenoxy) is 1. The lowest BCUT2D eigenvalue weighted by Gasteiger charge is -2.24. The predicted octanol–water partition coefficient (Wildman–Crippen LogP) is 3.95. The maximum Gasteiger partial charge on any atom is 0.410 e. The number of amides is 1. The molecule has 1 amide bonds. The van der Waals surface area contributed by atoms with Crippen LogP contribution in [0.25, 0.3) is 10.9 Å². The lowest BCUT2D eigenvalue weighted by molar-refractivity contribution is 0.0921. The zero-order chi connectivity index (χ0) is 22.6. The zero-order valence-electron chi connectivity index (χ0n) is 18.2. The molecule has 1 fully saturated rings. The van der Waals surface area contributed by atoms with Gasteiger partial charge in [-0.2, -0.15) is 0 Å². The fourth-order valence-electron chi connectivity index (χ4n) is 4.32. The Morgan fingerprint density at radius 1 is 1.19 bits per heavy atom. The SMILES string of the molecule is CCNS(=O)(=O)Cc1ccc2[nH]cc(C[C@H]3CCCN3C(=O)OCc3ccccc3)c2c1. The number of carbonyl (C=O) groups excluding carboxylic acids is 1. The average Bonchev–Trinajstić information content (AvgIpc) is 3.40. The number of rotatable bonds is 8. The molecule has 8 heteroatoms. The maximum atomic E-state index is 12.7. The smallest absolute Gasteiger partial charge is 0.410 e. The molecule has 2 heterocycles. The van der Waals surface area contributed by atoms with Crippen molar-refractivity contribution in [2.45, 2.75) is 44.6 Å². The van der Waals surface area contributed by atoms with E-state index in [0.717, 1.165) is 40.4 Å². The van der Waals surface area contributed by atoms with Gasteiger partial charge in [0, 0.05) is 36.2 Å². The van der Waals surface area contributed by atoms with Crippen LogP contribution in [0.15, 0.2) is 54.7 Å². The van der Waals surface area contributed by atoms with Gasteiger partial charge in [0.25, 0.3) is 0 Å². The van der Waals surface area contributed by atoms with Gasteiger partial charge >= 0.3 is 6.09 Å². The number of sulfonamides is 1. The second kappa shape index (κ2) is 9.75. The Balaban J connectivity index is 1.45. The highest BCUT2D eigenvalue weighted by Gasteiger charge is 2.30. The summed E-state index contributed by atoms with van der Waals surface area (Å²) in [6.07, 6.45) is 4.23. The standard InChI is InChI=1S/C24H29N3O4S/c1-2-26-32(29,30)17-19-10-11-23-22(13-19)20(15-25-23)14-21-9-6-12-27(21)24(28)31-16-18-7-4-3-5-8-18/h3-5,7-8,10-11,13,15,21,25-26H,2,6,9,12,14,16-17H2,1H3/t21-/m1/s1. The molecular formula is C24H29N3O4S. The van der Waals surface area contributed by atoms with Crippen LogP contribution in [-0.4, -0.2) is 43.5 Å². The fourth-order valence-corrected chi connectivity index (χ4v) is 5.48. The largest absolute Gasteiger partial charge is 0.445 e. The van der Waals surface area contributed by atoms with Crippen molar-refractivity contribution in [3.8, 4) is 0 Å². The predicted molar refractivity (Wildman–Crippen MR) is 125 cm³/mol. The lowest BCUT2D eigenvalue weighted by Crippen LogP contribution is -2.37. The van der Waals surface area contributed by atoms with E-state index in [-0.39, 0.29) is 24.5 Å². The monoisotopic (exact) mass is 455 g/mol. The summed E-state index contributed by atoms with van der Waals surface area (Å²) in [6.45, 7) is 3.09. The summed E-state index contributed by atoms with van der Waals surface area (Å²) >= 11 is 0. The molecule has 1 saturated heterocycles. The van der Waals surface area contributed by atoms with E-state index in [9.17, 15) is 13.2 Å². The van der Waals surface area contributed by atoms with E-state index < -0.39 is 10.0 Å². The van der Waals surface area contributed by atoms with Crippen molar-refractivity contribution < 1.29 is 17.9 Å². The van der Waals surface area contributed by atoms with Crippen LogP contribution in [0.3, 0.4) is 0 Å². The summed E-state index contributed by atoms with van der Waals surface area (Å²) in [6, 6.07) is 15.4. The highest BCUT2D eigenvalue weighted by atomic mass is 32.2. The van der Waals surface area contributed by atoms with Crippen molar-refractivity contribution in [1.82, 2.24) is 14.6 Å². The van der Waals surface area contributed by atoms with Crippen molar-refractivity contribution in [1.29, 1.82) is 0 Å². The number of aromatic nitrogens is 1. The number of nitrogens with zero attached hydrogens (tertiary/aromatic N) is 1. The van der Waals surface area contributed by atoms with Crippen LogP contribution in [0.2, 0.25) is 0 Å². The Labute approximate surface area is 188 Å². The summed E-state index contributed by atoms with van der Waals surface area (Å²) in [5.41, 5.74) is 3.74. The van der Waals surface area contributed by atoms with Gasteiger partial charge in [0.15, 0.2) is 0 Å². The molecule has 0 saturated carbocycles. The molecule has 170 valence electrons. The zero-order valence-corrected chi connectivity index (χ0v) is 19.0. The third kappa shape index (κ3) is 5.31. The molecule has 3 aromatic rings. The maximum absolute atomic E-state index is 12.7. The van der Waals surface area contributed by atoms with Crippen LogP contribution in [-0.2, 0) is 33.5 Å². The van der Waals surface area contributed by atoms with Crippen molar-refractivity contribution in [2.24, 2.45) is 0 Å². The van der Waals surface area contributed by atoms with Gasteiger partial charge < -0.3 is 14.6 Å². The average molecular weight is 456 g/mol. The summed E-state index contributed by atoms with van der Waals surface area (Å²) in [5, 5.41) is 0.999. The Kier molecular flexibility index (Phi) is 6.81. The van der Waals surface area contributed by atoms with Gasteiger partial charge in [-0.05, 0) is 48.1 Å². The summed E-state index contributed by atoms with van der Waals surface area (Å²) in [7, 11) is -3.35. The molecule has 7 nitrogen and oxygen atoms in total. The van der Waals surface area contributed by atoms with Crippen molar-refractivity contribution >= 4 is 27.0 Å². The van der Waals surface area contributed by atoms with Crippen LogP contribution in [0.1, 0.15) is 36.5 Å². The minimum atomic E-state index is -3.35. The third-order valence-electron chi connectivity index (χ3n) is 5.83. The Morgan fingerprint density at radius 3 is 2.78 bits per heavy atom. The quantitative estimate of drug-likeness (QED) is 0.538. The van der Waals surface area contributed by atoms with Crippen LogP contribution in [0, 0.1) is 0 Å². The number of fused-ring (bicyclic) bond motifs is 1. The van der Waals surface area contributed by atoms with Crippen LogP contribution in [0.4, 0.5) is 4.79 Å². The van der Waals surface area contributed by atoms with Crippen molar-refractivity contribution in [3.63, 3.8) is 0 Å². The van der Waals surface area contributed by atoms with E-state index in [4.69, 9.17) is 4.74 Å². The molecule has 4 rings (SSSR count). The first-order valence-corrected chi connectivity index (χ1v) is 12.6. The van der Waals surface area contributed by atoms with Gasteiger partial charge in [-0.3, -0.25) is 0 Å². The molecule has 1 aromatic heterocycles. The number of likely N-dealkylation sites (tertiary alicyclic amines) is 1. The third-order valence-corrected chi connectivity index (χ3v) is 7.27. The van der Waals surface area contributed by atoms with Gasteiger partial charge in [-0.15, -0.1) is 0 Å². The summed E-state index contributed by atoms with van der Waals surface area (Å²) in [4.78, 5) is 17.8. The first kappa shape index (κ1) is 22.4. The van der Waals surface area contributed by atoms with Gasteiger partial charge in [0.2, 0.25) is 10.0 Å².